The average molecular weight is 344 g/mol. The third-order valence-corrected chi connectivity index (χ3v) is 4.13. The van der Waals surface area contributed by atoms with Crippen molar-refractivity contribution in [1.82, 2.24) is 14.8 Å². The first-order valence-corrected chi connectivity index (χ1v) is 8.20. The summed E-state index contributed by atoms with van der Waals surface area (Å²) in [5, 5.41) is 7.82. The van der Waals surface area contributed by atoms with Gasteiger partial charge in [-0.05, 0) is 11.6 Å². The standard InChI is InChI=1S/C20H16N4O2/c25-19-12-16(15-8-4-5-9-17(15)22-19)20(26)23-18-10-11-21-24(18)13-14-6-2-1-3-7-14/h1-12H,13H2,(H,22,25)(H,23,26). The number of anilines is 1. The lowest BCUT2D eigenvalue weighted by atomic mass is 10.1. The highest BCUT2D eigenvalue weighted by atomic mass is 16.2. The van der Waals surface area contributed by atoms with Gasteiger partial charge in [0.2, 0.25) is 5.56 Å². The summed E-state index contributed by atoms with van der Waals surface area (Å²) >= 11 is 0. The van der Waals surface area contributed by atoms with Crippen molar-refractivity contribution < 1.29 is 4.79 Å². The highest BCUT2D eigenvalue weighted by molar-refractivity contribution is 6.11. The van der Waals surface area contributed by atoms with Crippen LogP contribution < -0.4 is 10.9 Å². The molecule has 4 aromatic rings. The Morgan fingerprint density at radius 2 is 1.81 bits per heavy atom. The molecule has 0 radical (unpaired) electrons. The van der Waals surface area contributed by atoms with E-state index in [9.17, 15) is 9.59 Å². The third-order valence-electron chi connectivity index (χ3n) is 4.13. The molecule has 0 fully saturated rings. The molecular weight excluding hydrogens is 328 g/mol. The van der Waals surface area contributed by atoms with Gasteiger partial charge in [0.05, 0.1) is 18.3 Å². The van der Waals surface area contributed by atoms with Gasteiger partial charge in [0, 0.05) is 23.0 Å². The van der Waals surface area contributed by atoms with E-state index in [2.05, 4.69) is 15.4 Å². The van der Waals surface area contributed by atoms with E-state index in [4.69, 9.17) is 0 Å². The van der Waals surface area contributed by atoms with Gasteiger partial charge >= 0.3 is 0 Å². The number of hydrogen-bond donors (Lipinski definition) is 2. The number of H-pyrrole nitrogens is 1. The van der Waals surface area contributed by atoms with Gasteiger partial charge in [-0.3, -0.25) is 9.59 Å². The summed E-state index contributed by atoms with van der Waals surface area (Å²) in [6.07, 6.45) is 1.63. The van der Waals surface area contributed by atoms with Crippen molar-refractivity contribution >= 4 is 22.6 Å². The predicted octanol–water partition coefficient (Wildman–Crippen LogP) is 3.03. The summed E-state index contributed by atoms with van der Waals surface area (Å²) in [7, 11) is 0. The zero-order chi connectivity index (χ0) is 17.9. The van der Waals surface area contributed by atoms with E-state index in [0.29, 0.717) is 28.8 Å². The van der Waals surface area contributed by atoms with Crippen molar-refractivity contribution in [3.8, 4) is 0 Å². The summed E-state index contributed by atoms with van der Waals surface area (Å²) < 4.78 is 1.71. The molecule has 2 N–H and O–H groups in total. The van der Waals surface area contributed by atoms with Crippen molar-refractivity contribution in [3.63, 3.8) is 0 Å². The lowest BCUT2D eigenvalue weighted by Gasteiger charge is -2.10. The minimum Gasteiger partial charge on any atom is -0.322 e. The van der Waals surface area contributed by atoms with Gasteiger partial charge in [-0.2, -0.15) is 5.10 Å². The molecule has 6 heteroatoms. The number of para-hydroxylation sites is 1. The molecule has 0 unspecified atom stereocenters. The van der Waals surface area contributed by atoms with Crippen molar-refractivity contribution in [3.05, 3.63) is 94.4 Å². The molecule has 0 saturated heterocycles. The molecule has 4 rings (SSSR count). The second-order valence-corrected chi connectivity index (χ2v) is 5.91. The smallest absolute Gasteiger partial charge is 0.257 e. The molecule has 2 heterocycles. The Morgan fingerprint density at radius 3 is 2.65 bits per heavy atom. The van der Waals surface area contributed by atoms with Gasteiger partial charge in [-0.15, -0.1) is 0 Å². The summed E-state index contributed by atoms with van der Waals surface area (Å²) in [5.41, 5.74) is 1.72. The van der Waals surface area contributed by atoms with Gasteiger partial charge < -0.3 is 10.3 Å². The van der Waals surface area contributed by atoms with Gasteiger partial charge in [-0.1, -0.05) is 48.5 Å². The number of nitrogens with one attached hydrogen (secondary N) is 2. The van der Waals surface area contributed by atoms with E-state index >= 15 is 0 Å². The van der Waals surface area contributed by atoms with Gasteiger partial charge in [0.25, 0.3) is 5.91 Å². The monoisotopic (exact) mass is 344 g/mol. The van der Waals surface area contributed by atoms with Crippen LogP contribution >= 0.6 is 0 Å². The maximum atomic E-state index is 12.8. The molecule has 0 aliphatic heterocycles. The molecule has 0 aliphatic carbocycles. The number of amides is 1. The second kappa shape index (κ2) is 6.68. The van der Waals surface area contributed by atoms with E-state index in [1.54, 1.807) is 29.1 Å². The normalized spacial score (nSPS) is 10.8. The molecular formula is C20H16N4O2. The fraction of sp³-hybridized carbons (Fsp3) is 0.0500. The van der Waals surface area contributed by atoms with Crippen molar-refractivity contribution in [1.29, 1.82) is 0 Å². The number of rotatable bonds is 4. The molecule has 0 aliphatic rings. The SMILES string of the molecule is O=C(Nc1ccnn1Cc1ccccc1)c1cc(=O)[nH]c2ccccc12. The van der Waals surface area contributed by atoms with Crippen LogP contribution in [0.2, 0.25) is 0 Å². The van der Waals surface area contributed by atoms with E-state index < -0.39 is 0 Å². The Kier molecular flexibility index (Phi) is 4.07. The van der Waals surface area contributed by atoms with Crippen LogP contribution in [0.15, 0.2) is 77.7 Å². The number of nitrogens with zero attached hydrogens (tertiary/aromatic N) is 2. The summed E-state index contributed by atoms with van der Waals surface area (Å²) in [4.78, 5) is 27.4. The first kappa shape index (κ1) is 15.8. The number of aromatic amines is 1. The first-order valence-electron chi connectivity index (χ1n) is 8.20. The third kappa shape index (κ3) is 3.12. The number of carbonyl (C=O) groups is 1. The van der Waals surface area contributed by atoms with Crippen LogP contribution in [0, 0.1) is 0 Å². The Labute approximate surface area is 149 Å². The minimum atomic E-state index is -0.345. The number of fused-ring (bicyclic) bond motifs is 1. The van der Waals surface area contributed by atoms with Crippen molar-refractivity contribution in [2.45, 2.75) is 6.54 Å². The van der Waals surface area contributed by atoms with E-state index in [-0.39, 0.29) is 11.5 Å². The molecule has 0 bridgehead atoms. The molecule has 2 aromatic heterocycles. The Hall–Kier alpha value is -3.67. The topological polar surface area (TPSA) is 79.8 Å². The lowest BCUT2D eigenvalue weighted by Crippen LogP contribution is -2.19. The molecule has 128 valence electrons. The molecule has 26 heavy (non-hydrogen) atoms. The van der Waals surface area contributed by atoms with E-state index in [0.717, 1.165) is 5.56 Å². The van der Waals surface area contributed by atoms with Crippen LogP contribution in [0.1, 0.15) is 15.9 Å². The van der Waals surface area contributed by atoms with Crippen LogP contribution in [0.4, 0.5) is 5.82 Å². The fourth-order valence-electron chi connectivity index (χ4n) is 2.90. The van der Waals surface area contributed by atoms with Gasteiger partial charge in [0.1, 0.15) is 5.82 Å². The van der Waals surface area contributed by atoms with Crippen LogP contribution in [0.25, 0.3) is 10.9 Å². The quantitative estimate of drug-likeness (QED) is 0.597. The van der Waals surface area contributed by atoms with Crippen molar-refractivity contribution in [2.24, 2.45) is 0 Å². The summed E-state index contributed by atoms with van der Waals surface area (Å²) in [6.45, 7) is 0.541. The molecule has 6 nitrogen and oxygen atoms in total. The maximum absolute atomic E-state index is 12.8. The number of carbonyl (C=O) groups excluding carboxylic acids is 1. The zero-order valence-corrected chi connectivity index (χ0v) is 13.8. The molecule has 2 aromatic carbocycles. The van der Waals surface area contributed by atoms with E-state index in [1.165, 1.54) is 6.07 Å². The first-order chi connectivity index (χ1) is 12.7. The highest BCUT2D eigenvalue weighted by Crippen LogP contribution is 2.17. The number of pyridine rings is 1. The maximum Gasteiger partial charge on any atom is 0.257 e. The second-order valence-electron chi connectivity index (χ2n) is 5.91. The fourth-order valence-corrected chi connectivity index (χ4v) is 2.90. The van der Waals surface area contributed by atoms with Gasteiger partial charge in [0.15, 0.2) is 0 Å². The molecule has 0 saturated carbocycles. The Balaban J connectivity index is 1.64. The van der Waals surface area contributed by atoms with Gasteiger partial charge in [-0.25, -0.2) is 4.68 Å². The Morgan fingerprint density at radius 1 is 1.04 bits per heavy atom. The average Bonchev–Trinajstić information content (AvgIpc) is 3.08. The predicted molar refractivity (Wildman–Crippen MR) is 100 cm³/mol. The lowest BCUT2D eigenvalue weighted by molar-refractivity contribution is 0.102. The van der Waals surface area contributed by atoms with E-state index in [1.807, 2.05) is 42.5 Å². The molecule has 0 atom stereocenters. The summed E-state index contributed by atoms with van der Waals surface area (Å²) in [5.74, 6) is 0.227. The number of aromatic nitrogens is 3. The van der Waals surface area contributed by atoms with Crippen LogP contribution in [0.5, 0.6) is 0 Å². The molecule has 1 amide bonds. The van der Waals surface area contributed by atoms with Crippen molar-refractivity contribution in [2.75, 3.05) is 5.32 Å². The zero-order valence-electron chi connectivity index (χ0n) is 13.8. The number of benzene rings is 2. The van der Waals surface area contributed by atoms with Crippen LogP contribution in [-0.4, -0.2) is 20.7 Å². The number of hydrogen-bond acceptors (Lipinski definition) is 3. The van der Waals surface area contributed by atoms with Crippen LogP contribution in [0.3, 0.4) is 0 Å². The minimum absolute atomic E-state index is 0.313. The largest absolute Gasteiger partial charge is 0.322 e. The summed E-state index contributed by atoms with van der Waals surface area (Å²) in [6, 6.07) is 20.1. The highest BCUT2D eigenvalue weighted by Gasteiger charge is 2.14. The van der Waals surface area contributed by atoms with Crippen LogP contribution in [-0.2, 0) is 6.54 Å². The Bertz CT molecular complexity index is 1130. The molecule has 0 spiro atoms.